The third-order valence-electron chi connectivity index (χ3n) is 5.94. The zero-order valence-corrected chi connectivity index (χ0v) is 13.6. The van der Waals surface area contributed by atoms with E-state index in [1.807, 2.05) is 0 Å². The lowest BCUT2D eigenvalue weighted by Crippen LogP contribution is -2.58. The van der Waals surface area contributed by atoms with Crippen molar-refractivity contribution in [1.29, 1.82) is 0 Å². The number of aliphatic hydroxyl groups is 1. The third kappa shape index (κ3) is 3.55. The second-order valence-electron chi connectivity index (χ2n) is 8.25. The van der Waals surface area contributed by atoms with Crippen LogP contribution in [0.4, 0.5) is 0 Å². The number of nitrogens with one attached hydrogen (secondary N) is 1. The van der Waals surface area contributed by atoms with Gasteiger partial charge >= 0.3 is 0 Å². The second kappa shape index (κ2) is 6.33. The SMILES string of the molecule is CC(C)(C)C1CCC(CN)(NC2CCCC2CO)CC1. The van der Waals surface area contributed by atoms with E-state index in [2.05, 4.69) is 26.1 Å². The largest absolute Gasteiger partial charge is 0.396 e. The molecular weight excluding hydrogens is 248 g/mol. The molecule has 2 fully saturated rings. The lowest BCUT2D eigenvalue weighted by molar-refractivity contribution is 0.0984. The Morgan fingerprint density at radius 3 is 2.30 bits per heavy atom. The summed E-state index contributed by atoms with van der Waals surface area (Å²) in [4.78, 5) is 0. The Labute approximate surface area is 124 Å². The van der Waals surface area contributed by atoms with E-state index in [0.29, 0.717) is 24.0 Å². The second-order valence-corrected chi connectivity index (χ2v) is 8.25. The maximum atomic E-state index is 9.50. The van der Waals surface area contributed by atoms with E-state index in [1.54, 1.807) is 0 Å². The zero-order chi connectivity index (χ0) is 14.8. The Hall–Kier alpha value is -0.120. The molecule has 2 saturated carbocycles. The standard InChI is InChI=1S/C17H34N2O/c1-16(2,3)14-7-9-17(12-18,10-8-14)19-15-6-4-5-13(15)11-20/h13-15,19-20H,4-12,18H2,1-3H3. The van der Waals surface area contributed by atoms with Crippen LogP contribution in [0, 0.1) is 17.3 Å². The molecule has 0 aromatic heterocycles. The van der Waals surface area contributed by atoms with Gasteiger partial charge in [0.05, 0.1) is 0 Å². The van der Waals surface area contributed by atoms with Gasteiger partial charge in [-0.3, -0.25) is 0 Å². The molecule has 2 aliphatic rings. The summed E-state index contributed by atoms with van der Waals surface area (Å²) in [6, 6.07) is 0.481. The first-order valence-corrected chi connectivity index (χ1v) is 8.49. The quantitative estimate of drug-likeness (QED) is 0.743. The van der Waals surface area contributed by atoms with Crippen molar-refractivity contribution >= 4 is 0 Å². The van der Waals surface area contributed by atoms with Crippen molar-refractivity contribution in [3.05, 3.63) is 0 Å². The van der Waals surface area contributed by atoms with Gasteiger partial charge in [0.25, 0.3) is 0 Å². The van der Waals surface area contributed by atoms with E-state index in [1.165, 1.54) is 44.9 Å². The molecule has 2 aliphatic carbocycles. The predicted octanol–water partition coefficient (Wildman–Crippen LogP) is 2.67. The molecule has 0 amide bonds. The number of rotatable bonds is 4. The van der Waals surface area contributed by atoms with Gasteiger partial charge in [-0.2, -0.15) is 0 Å². The minimum Gasteiger partial charge on any atom is -0.396 e. The van der Waals surface area contributed by atoms with Gasteiger partial charge in [0.2, 0.25) is 0 Å². The highest BCUT2D eigenvalue weighted by molar-refractivity contribution is 4.99. The Kier molecular flexibility index (Phi) is 5.14. The highest BCUT2D eigenvalue weighted by Gasteiger charge is 2.40. The van der Waals surface area contributed by atoms with Gasteiger partial charge in [-0.1, -0.05) is 27.2 Å². The van der Waals surface area contributed by atoms with Crippen molar-refractivity contribution in [2.24, 2.45) is 23.0 Å². The summed E-state index contributed by atoms with van der Waals surface area (Å²) in [5.41, 5.74) is 6.68. The summed E-state index contributed by atoms with van der Waals surface area (Å²) in [5, 5.41) is 13.4. The van der Waals surface area contributed by atoms with E-state index in [9.17, 15) is 5.11 Å². The summed E-state index contributed by atoms with van der Waals surface area (Å²) in [5.74, 6) is 1.26. The first-order chi connectivity index (χ1) is 9.40. The molecule has 2 unspecified atom stereocenters. The topological polar surface area (TPSA) is 58.3 Å². The summed E-state index contributed by atoms with van der Waals surface area (Å²) in [7, 11) is 0. The van der Waals surface area contributed by atoms with Gasteiger partial charge in [-0.25, -0.2) is 0 Å². The van der Waals surface area contributed by atoms with Gasteiger partial charge in [-0.15, -0.1) is 0 Å². The van der Waals surface area contributed by atoms with Crippen molar-refractivity contribution in [2.75, 3.05) is 13.2 Å². The Morgan fingerprint density at radius 2 is 1.80 bits per heavy atom. The average Bonchev–Trinajstić information content (AvgIpc) is 2.85. The van der Waals surface area contributed by atoms with Crippen LogP contribution in [0.15, 0.2) is 0 Å². The molecule has 3 heteroatoms. The van der Waals surface area contributed by atoms with Crippen LogP contribution in [0.5, 0.6) is 0 Å². The van der Waals surface area contributed by atoms with E-state index in [-0.39, 0.29) is 5.54 Å². The normalized spacial score (nSPS) is 39.1. The molecule has 20 heavy (non-hydrogen) atoms. The van der Waals surface area contributed by atoms with E-state index < -0.39 is 0 Å². The number of hydrogen-bond acceptors (Lipinski definition) is 3. The maximum absolute atomic E-state index is 9.50. The molecule has 0 aromatic rings. The van der Waals surface area contributed by atoms with Crippen LogP contribution in [0.2, 0.25) is 0 Å². The van der Waals surface area contributed by atoms with Crippen molar-refractivity contribution < 1.29 is 5.11 Å². The lowest BCUT2D eigenvalue weighted by Gasteiger charge is -2.46. The summed E-state index contributed by atoms with van der Waals surface area (Å²) in [6.45, 7) is 8.14. The third-order valence-corrected chi connectivity index (χ3v) is 5.94. The lowest BCUT2D eigenvalue weighted by atomic mass is 9.67. The van der Waals surface area contributed by atoms with Crippen molar-refractivity contribution in [2.45, 2.75) is 77.3 Å². The molecule has 118 valence electrons. The Balaban J connectivity index is 1.95. The Bertz CT molecular complexity index is 303. The molecule has 0 bridgehead atoms. The molecule has 3 nitrogen and oxygen atoms in total. The van der Waals surface area contributed by atoms with E-state index >= 15 is 0 Å². The van der Waals surface area contributed by atoms with E-state index in [4.69, 9.17) is 5.73 Å². The highest BCUT2D eigenvalue weighted by atomic mass is 16.3. The van der Waals surface area contributed by atoms with Gasteiger partial charge in [0.15, 0.2) is 0 Å². The molecule has 0 spiro atoms. The fraction of sp³-hybridized carbons (Fsp3) is 1.00. The van der Waals surface area contributed by atoms with Crippen LogP contribution >= 0.6 is 0 Å². The van der Waals surface area contributed by atoms with Crippen molar-refractivity contribution in [3.8, 4) is 0 Å². The van der Waals surface area contributed by atoms with Crippen LogP contribution in [0.1, 0.15) is 65.7 Å². The Morgan fingerprint density at radius 1 is 1.15 bits per heavy atom. The number of nitrogens with two attached hydrogens (primary N) is 1. The zero-order valence-electron chi connectivity index (χ0n) is 13.6. The van der Waals surface area contributed by atoms with Crippen molar-refractivity contribution in [1.82, 2.24) is 5.32 Å². The van der Waals surface area contributed by atoms with Gasteiger partial charge in [0, 0.05) is 24.7 Å². The molecule has 0 saturated heterocycles. The average molecular weight is 282 g/mol. The van der Waals surface area contributed by atoms with Crippen LogP contribution in [-0.4, -0.2) is 29.8 Å². The monoisotopic (exact) mass is 282 g/mol. The maximum Gasteiger partial charge on any atom is 0.0474 e. The number of hydrogen-bond donors (Lipinski definition) is 3. The molecule has 2 atom stereocenters. The van der Waals surface area contributed by atoms with Gasteiger partial charge in [-0.05, 0) is 55.8 Å². The van der Waals surface area contributed by atoms with Crippen LogP contribution in [0.3, 0.4) is 0 Å². The number of aliphatic hydroxyl groups excluding tert-OH is 1. The molecule has 0 radical (unpaired) electrons. The van der Waals surface area contributed by atoms with E-state index in [0.717, 1.165) is 12.5 Å². The molecule has 0 heterocycles. The molecule has 2 rings (SSSR count). The molecule has 4 N–H and O–H groups in total. The van der Waals surface area contributed by atoms with Gasteiger partial charge < -0.3 is 16.2 Å². The first-order valence-electron chi connectivity index (χ1n) is 8.49. The minimum atomic E-state index is 0.129. The molecule has 0 aromatic carbocycles. The highest BCUT2D eigenvalue weighted by Crippen LogP contribution is 2.42. The summed E-state index contributed by atoms with van der Waals surface area (Å²) < 4.78 is 0. The van der Waals surface area contributed by atoms with Gasteiger partial charge in [0.1, 0.15) is 0 Å². The molecular formula is C17H34N2O. The summed E-state index contributed by atoms with van der Waals surface area (Å²) >= 11 is 0. The first kappa shape index (κ1) is 16.3. The minimum absolute atomic E-state index is 0.129. The predicted molar refractivity (Wildman–Crippen MR) is 84.5 cm³/mol. The van der Waals surface area contributed by atoms with Crippen LogP contribution in [-0.2, 0) is 0 Å². The van der Waals surface area contributed by atoms with Crippen molar-refractivity contribution in [3.63, 3.8) is 0 Å². The van der Waals surface area contributed by atoms with Crippen LogP contribution < -0.4 is 11.1 Å². The smallest absolute Gasteiger partial charge is 0.0474 e. The fourth-order valence-electron chi connectivity index (χ4n) is 4.28. The fourth-order valence-corrected chi connectivity index (χ4v) is 4.28. The molecule has 0 aliphatic heterocycles. The summed E-state index contributed by atoms with van der Waals surface area (Å²) in [6.07, 6.45) is 8.57. The van der Waals surface area contributed by atoms with Crippen LogP contribution in [0.25, 0.3) is 0 Å².